The number of piperazine rings is 1. The van der Waals surface area contributed by atoms with Crippen LogP contribution in [0, 0.1) is 0 Å². The molecule has 2 atom stereocenters. The highest BCUT2D eigenvalue weighted by molar-refractivity contribution is 7.13. The number of hydrogen-bond acceptors (Lipinski definition) is 5. The van der Waals surface area contributed by atoms with Gasteiger partial charge in [-0.05, 0) is 33.0 Å². The largest absolute Gasteiger partial charge is 0.339 e. The average Bonchev–Trinajstić information content (AvgIpc) is 3.01. The van der Waals surface area contributed by atoms with Gasteiger partial charge in [0.2, 0.25) is 5.91 Å². The molecule has 122 valence electrons. The van der Waals surface area contributed by atoms with Crippen molar-refractivity contribution >= 4 is 17.2 Å². The fraction of sp³-hybridized carbons (Fsp3) is 0.471. The molecule has 6 heteroatoms. The lowest BCUT2D eigenvalue weighted by atomic mass is 10.1. The number of hydrogen-bond donors (Lipinski definition) is 0. The maximum absolute atomic E-state index is 12.6. The fourth-order valence-electron chi connectivity index (χ4n) is 2.87. The number of thiazole rings is 1. The first-order valence-electron chi connectivity index (χ1n) is 7.90. The summed E-state index contributed by atoms with van der Waals surface area (Å²) in [6.07, 6.45) is 2.13. The van der Waals surface area contributed by atoms with Crippen molar-refractivity contribution in [2.45, 2.75) is 32.4 Å². The Bertz CT molecular complexity index is 660. The topological polar surface area (TPSA) is 49.3 Å². The summed E-state index contributed by atoms with van der Waals surface area (Å²) < 4.78 is 0. The summed E-state index contributed by atoms with van der Waals surface area (Å²) in [7, 11) is 2.12. The molecule has 0 radical (unpaired) electrons. The van der Waals surface area contributed by atoms with E-state index in [0.29, 0.717) is 18.5 Å². The van der Waals surface area contributed by atoms with Crippen LogP contribution in [-0.2, 0) is 11.2 Å². The van der Waals surface area contributed by atoms with Crippen molar-refractivity contribution in [2.75, 3.05) is 20.1 Å². The van der Waals surface area contributed by atoms with Gasteiger partial charge in [0.25, 0.3) is 0 Å². The van der Waals surface area contributed by atoms with Gasteiger partial charge in [-0.1, -0.05) is 6.07 Å². The number of carbonyl (C=O) groups excluding carboxylic acids is 1. The van der Waals surface area contributed by atoms with Crippen molar-refractivity contribution in [3.8, 4) is 10.7 Å². The van der Waals surface area contributed by atoms with Crippen molar-refractivity contribution in [3.05, 3.63) is 35.5 Å². The number of nitrogens with zero attached hydrogens (tertiary/aromatic N) is 4. The van der Waals surface area contributed by atoms with Crippen LogP contribution in [0.3, 0.4) is 0 Å². The number of pyridine rings is 1. The van der Waals surface area contributed by atoms with Crippen molar-refractivity contribution in [2.24, 2.45) is 0 Å². The Labute approximate surface area is 141 Å². The summed E-state index contributed by atoms with van der Waals surface area (Å²) in [6, 6.07) is 6.55. The van der Waals surface area contributed by atoms with Crippen LogP contribution in [0.1, 0.15) is 19.5 Å². The Morgan fingerprint density at radius 3 is 2.70 bits per heavy atom. The van der Waals surface area contributed by atoms with E-state index >= 15 is 0 Å². The average molecular weight is 330 g/mol. The minimum Gasteiger partial charge on any atom is -0.339 e. The maximum atomic E-state index is 12.6. The van der Waals surface area contributed by atoms with Crippen molar-refractivity contribution < 1.29 is 4.79 Å². The molecule has 1 amide bonds. The lowest BCUT2D eigenvalue weighted by Crippen LogP contribution is -2.56. The predicted molar refractivity (Wildman–Crippen MR) is 92.3 cm³/mol. The zero-order valence-electron chi connectivity index (χ0n) is 13.8. The maximum Gasteiger partial charge on any atom is 0.228 e. The molecule has 2 aromatic rings. The van der Waals surface area contributed by atoms with Crippen LogP contribution < -0.4 is 0 Å². The van der Waals surface area contributed by atoms with Crippen molar-refractivity contribution in [3.63, 3.8) is 0 Å². The molecule has 23 heavy (non-hydrogen) atoms. The highest BCUT2D eigenvalue weighted by atomic mass is 32.1. The highest BCUT2D eigenvalue weighted by Gasteiger charge is 2.29. The Morgan fingerprint density at radius 1 is 1.30 bits per heavy atom. The fourth-order valence-corrected chi connectivity index (χ4v) is 3.67. The van der Waals surface area contributed by atoms with Gasteiger partial charge in [-0.2, -0.15) is 0 Å². The molecule has 5 nitrogen and oxygen atoms in total. The van der Waals surface area contributed by atoms with Crippen LogP contribution >= 0.6 is 11.3 Å². The van der Waals surface area contributed by atoms with Crippen molar-refractivity contribution in [1.29, 1.82) is 0 Å². The van der Waals surface area contributed by atoms with E-state index in [0.717, 1.165) is 29.5 Å². The summed E-state index contributed by atoms with van der Waals surface area (Å²) in [5, 5.41) is 2.83. The zero-order valence-corrected chi connectivity index (χ0v) is 14.6. The summed E-state index contributed by atoms with van der Waals surface area (Å²) in [5.41, 5.74) is 1.69. The molecule has 1 aliphatic rings. The van der Waals surface area contributed by atoms with Gasteiger partial charge in [0.05, 0.1) is 17.8 Å². The summed E-state index contributed by atoms with van der Waals surface area (Å²) in [5.74, 6) is 0.162. The number of likely N-dealkylation sites (N-methyl/N-ethyl adjacent to an activating group) is 1. The smallest absolute Gasteiger partial charge is 0.228 e. The second kappa shape index (κ2) is 6.76. The molecule has 0 aromatic carbocycles. The van der Waals surface area contributed by atoms with Crippen LogP contribution in [0.5, 0.6) is 0 Å². The van der Waals surface area contributed by atoms with E-state index in [1.807, 2.05) is 28.5 Å². The summed E-state index contributed by atoms with van der Waals surface area (Å²) >= 11 is 1.54. The van der Waals surface area contributed by atoms with Crippen molar-refractivity contribution in [1.82, 2.24) is 19.8 Å². The van der Waals surface area contributed by atoms with E-state index in [9.17, 15) is 4.79 Å². The molecular weight excluding hydrogens is 308 g/mol. The third kappa shape index (κ3) is 3.59. The first-order valence-corrected chi connectivity index (χ1v) is 8.78. The van der Waals surface area contributed by atoms with Gasteiger partial charge in [-0.25, -0.2) is 4.98 Å². The molecule has 0 N–H and O–H groups in total. The van der Waals surface area contributed by atoms with E-state index in [1.165, 1.54) is 0 Å². The number of aromatic nitrogens is 2. The summed E-state index contributed by atoms with van der Waals surface area (Å²) in [4.78, 5) is 25.7. The Hall–Kier alpha value is -1.79. The van der Waals surface area contributed by atoms with Gasteiger partial charge in [0.1, 0.15) is 5.01 Å². The molecular formula is C17H22N4OS. The molecule has 0 unspecified atom stereocenters. The van der Waals surface area contributed by atoms with Gasteiger partial charge in [-0.15, -0.1) is 11.3 Å². The molecule has 1 saturated heterocycles. The first-order chi connectivity index (χ1) is 11.0. The standard InChI is InChI=1S/C17H22N4OS/c1-12-9-21(10-13(2)20(12)3)16(22)8-14-11-23-17(19-14)15-6-4-5-7-18-15/h4-7,11-13H,8-10H2,1-3H3/t12-,13+. The molecule has 2 aromatic heterocycles. The van der Waals surface area contributed by atoms with E-state index < -0.39 is 0 Å². The number of amides is 1. The molecule has 0 saturated carbocycles. The highest BCUT2D eigenvalue weighted by Crippen LogP contribution is 2.22. The predicted octanol–water partition coefficient (Wildman–Crippen LogP) is 2.30. The molecule has 3 heterocycles. The number of carbonyl (C=O) groups is 1. The molecule has 0 aliphatic carbocycles. The molecule has 1 aliphatic heterocycles. The monoisotopic (exact) mass is 330 g/mol. The SMILES string of the molecule is C[C@@H]1CN(C(=O)Cc2csc(-c3ccccn3)n2)C[C@H](C)N1C. The quantitative estimate of drug-likeness (QED) is 0.866. The van der Waals surface area contributed by atoms with E-state index in [1.54, 1.807) is 17.5 Å². The van der Waals surface area contributed by atoms with Gasteiger partial charge in [0.15, 0.2) is 0 Å². The second-order valence-corrected chi connectivity index (χ2v) is 7.06. The van der Waals surface area contributed by atoms with Gasteiger partial charge in [0, 0.05) is 36.8 Å². The van der Waals surface area contributed by atoms with Crippen LogP contribution in [-0.4, -0.2) is 57.9 Å². The van der Waals surface area contributed by atoms with Crippen LogP contribution in [0.2, 0.25) is 0 Å². The lowest BCUT2D eigenvalue weighted by molar-refractivity contribution is -0.134. The second-order valence-electron chi connectivity index (χ2n) is 6.20. The van der Waals surface area contributed by atoms with Crippen LogP contribution in [0.4, 0.5) is 0 Å². The van der Waals surface area contributed by atoms with E-state index in [-0.39, 0.29) is 5.91 Å². The van der Waals surface area contributed by atoms with Gasteiger partial charge in [-0.3, -0.25) is 14.7 Å². The molecule has 1 fully saturated rings. The van der Waals surface area contributed by atoms with E-state index in [2.05, 4.69) is 35.8 Å². The molecule has 3 rings (SSSR count). The minimum absolute atomic E-state index is 0.162. The third-order valence-electron chi connectivity index (χ3n) is 4.48. The third-order valence-corrected chi connectivity index (χ3v) is 5.39. The normalized spacial score (nSPS) is 22.3. The van der Waals surface area contributed by atoms with E-state index in [4.69, 9.17) is 0 Å². The Balaban J connectivity index is 1.66. The first kappa shape index (κ1) is 16.1. The Morgan fingerprint density at radius 2 is 2.04 bits per heavy atom. The van der Waals surface area contributed by atoms with Gasteiger partial charge < -0.3 is 4.90 Å². The number of rotatable bonds is 3. The zero-order chi connectivity index (χ0) is 16.4. The lowest BCUT2D eigenvalue weighted by Gasteiger charge is -2.42. The Kier molecular flexibility index (Phi) is 4.73. The summed E-state index contributed by atoms with van der Waals surface area (Å²) in [6.45, 7) is 5.91. The molecule has 0 bridgehead atoms. The van der Waals surface area contributed by atoms with Crippen LogP contribution in [0.15, 0.2) is 29.8 Å². The minimum atomic E-state index is 0.162. The van der Waals surface area contributed by atoms with Crippen LogP contribution in [0.25, 0.3) is 10.7 Å². The molecule has 0 spiro atoms. The van der Waals surface area contributed by atoms with Gasteiger partial charge >= 0.3 is 0 Å².